The van der Waals surface area contributed by atoms with Crippen molar-refractivity contribution >= 4 is 40.2 Å². The number of rotatable bonds is 0. The Morgan fingerprint density at radius 1 is 1.26 bits per heavy atom. The maximum atomic E-state index is 12.5. The van der Waals surface area contributed by atoms with E-state index in [1.807, 2.05) is 6.20 Å². The van der Waals surface area contributed by atoms with Gasteiger partial charge in [0.05, 0.1) is 0 Å². The Morgan fingerprint density at radius 2 is 2.00 bits per heavy atom. The fourth-order valence-electron chi connectivity index (χ4n) is 2.21. The molecule has 3 rings (SSSR count). The lowest BCUT2D eigenvalue weighted by Crippen LogP contribution is -2.25. The third-order valence-electron chi connectivity index (χ3n) is 3.23. The summed E-state index contributed by atoms with van der Waals surface area (Å²) in [5.41, 5.74) is 1.17. The second-order valence-electron chi connectivity index (χ2n) is 4.84. The monoisotopic (exact) mass is 431 g/mol. The van der Waals surface area contributed by atoms with E-state index >= 15 is 0 Å². The molecule has 118 valence electrons. The van der Waals surface area contributed by atoms with Gasteiger partial charge in [-0.25, -0.2) is 4.99 Å². The van der Waals surface area contributed by atoms with Gasteiger partial charge in [-0.3, -0.25) is 4.79 Å². The molecule has 0 aliphatic carbocycles. The zero-order valence-corrected chi connectivity index (χ0v) is 13.7. The summed E-state index contributed by atoms with van der Waals surface area (Å²) in [7, 11) is 0. The normalized spacial score (nSPS) is 18.8. The first-order valence-electron chi connectivity index (χ1n) is 6.53. The van der Waals surface area contributed by atoms with E-state index in [9.17, 15) is 18.0 Å². The van der Waals surface area contributed by atoms with Gasteiger partial charge in [0.25, 0.3) is 0 Å². The lowest BCUT2D eigenvalue weighted by Gasteiger charge is -2.21. The van der Waals surface area contributed by atoms with Gasteiger partial charge in [0, 0.05) is 21.9 Å². The molecule has 8 heteroatoms. The molecule has 0 N–H and O–H groups in total. The van der Waals surface area contributed by atoms with Gasteiger partial charge < -0.3 is 4.90 Å². The number of carbonyl (C=O) groups is 1. The van der Waals surface area contributed by atoms with Gasteiger partial charge in [-0.05, 0) is 40.3 Å². The fourth-order valence-corrected chi connectivity index (χ4v) is 2.73. The van der Waals surface area contributed by atoms with Crippen molar-refractivity contribution < 1.29 is 18.0 Å². The number of benzene rings is 1. The van der Waals surface area contributed by atoms with Gasteiger partial charge in [0.2, 0.25) is 0 Å². The third-order valence-corrected chi connectivity index (χ3v) is 3.87. The number of amides is 1. The summed E-state index contributed by atoms with van der Waals surface area (Å²) in [5, 5.41) is 0. The first kappa shape index (κ1) is 15.9. The Bertz CT molecular complexity index is 793. The highest BCUT2D eigenvalue weighted by molar-refractivity contribution is 14.1. The Balaban J connectivity index is 2.14. The second-order valence-corrected chi connectivity index (χ2v) is 6.09. The fraction of sp³-hybridized carbons (Fsp3) is 0.133. The van der Waals surface area contributed by atoms with E-state index in [4.69, 9.17) is 0 Å². The number of carbonyl (C=O) groups excluding carboxylic acids is 1. The van der Waals surface area contributed by atoms with Crippen LogP contribution in [0.4, 0.5) is 13.2 Å². The quantitative estimate of drug-likeness (QED) is 0.590. The van der Waals surface area contributed by atoms with Crippen LogP contribution in [0.2, 0.25) is 0 Å². The van der Waals surface area contributed by atoms with Gasteiger partial charge >= 0.3 is 12.1 Å². The number of nitrogens with zero attached hydrogens (tertiary/aromatic N) is 3. The zero-order chi connectivity index (χ0) is 16.6. The number of alkyl halides is 3. The van der Waals surface area contributed by atoms with E-state index in [-0.39, 0.29) is 5.84 Å². The van der Waals surface area contributed by atoms with Gasteiger partial charge in [-0.15, -0.1) is 0 Å². The lowest BCUT2D eigenvalue weighted by atomic mass is 10.1. The molecule has 0 saturated heterocycles. The molecule has 1 aromatic rings. The molecule has 1 amide bonds. The van der Waals surface area contributed by atoms with Crippen LogP contribution in [0.15, 0.2) is 56.2 Å². The SMILES string of the molecule is O=C(N=C1N=C2C=CC(I)=CN2Cc2ccccc21)C(F)(F)F. The molecule has 0 fully saturated rings. The number of allylic oxidation sites excluding steroid dienone is 2. The summed E-state index contributed by atoms with van der Waals surface area (Å²) in [4.78, 5) is 20.4. The zero-order valence-electron chi connectivity index (χ0n) is 11.5. The molecule has 0 saturated carbocycles. The largest absolute Gasteiger partial charge is 0.473 e. The minimum absolute atomic E-state index is 0.226. The van der Waals surface area contributed by atoms with E-state index in [1.54, 1.807) is 41.3 Å². The average Bonchev–Trinajstić information content (AvgIpc) is 2.62. The molecule has 0 atom stereocenters. The Morgan fingerprint density at radius 3 is 2.74 bits per heavy atom. The van der Waals surface area contributed by atoms with Gasteiger partial charge in [-0.1, -0.05) is 24.3 Å². The standard InChI is InChI=1S/C15H9F3IN3O/c16-15(17,18)14(23)21-13-11-4-2-1-3-9(11)7-22-8-10(19)5-6-12(22)20-13/h1-6,8H,7H2. The van der Waals surface area contributed by atoms with Crippen molar-refractivity contribution in [3.8, 4) is 0 Å². The number of aliphatic imine (C=N–C) groups is 2. The number of fused-ring (bicyclic) bond motifs is 2. The number of hydrogen-bond donors (Lipinski definition) is 0. The molecule has 0 radical (unpaired) electrons. The van der Waals surface area contributed by atoms with E-state index < -0.39 is 12.1 Å². The van der Waals surface area contributed by atoms with Crippen molar-refractivity contribution in [1.29, 1.82) is 0 Å². The minimum Gasteiger partial charge on any atom is -0.327 e. The van der Waals surface area contributed by atoms with Gasteiger partial charge in [0.15, 0.2) is 5.84 Å². The highest BCUT2D eigenvalue weighted by Gasteiger charge is 2.39. The van der Waals surface area contributed by atoms with Gasteiger partial charge in [-0.2, -0.15) is 18.2 Å². The van der Waals surface area contributed by atoms with Crippen LogP contribution in [-0.2, 0) is 11.3 Å². The Labute approximate surface area is 143 Å². The predicted octanol–water partition coefficient (Wildman–Crippen LogP) is 3.58. The van der Waals surface area contributed by atoms with Crippen molar-refractivity contribution in [2.45, 2.75) is 12.7 Å². The van der Waals surface area contributed by atoms with Crippen molar-refractivity contribution in [1.82, 2.24) is 4.90 Å². The summed E-state index contributed by atoms with van der Waals surface area (Å²) in [5.74, 6) is -1.95. The summed E-state index contributed by atoms with van der Waals surface area (Å²) in [6.07, 6.45) is 0.285. The molecule has 0 aromatic heterocycles. The maximum absolute atomic E-state index is 12.5. The number of hydrogen-bond acceptors (Lipinski definition) is 2. The van der Waals surface area contributed by atoms with Crippen LogP contribution in [0.1, 0.15) is 11.1 Å². The Kier molecular flexibility index (Phi) is 4.09. The van der Waals surface area contributed by atoms with Crippen LogP contribution in [0, 0.1) is 0 Å². The highest BCUT2D eigenvalue weighted by Crippen LogP contribution is 2.25. The minimum atomic E-state index is -5.02. The van der Waals surface area contributed by atoms with Crippen LogP contribution in [0.5, 0.6) is 0 Å². The lowest BCUT2D eigenvalue weighted by molar-refractivity contribution is -0.169. The van der Waals surface area contributed by atoms with Crippen LogP contribution in [0.3, 0.4) is 0 Å². The molecular formula is C15H9F3IN3O. The van der Waals surface area contributed by atoms with Crippen molar-refractivity contribution in [3.05, 3.63) is 57.3 Å². The Hall–Kier alpha value is -1.97. The molecule has 4 nitrogen and oxygen atoms in total. The summed E-state index contributed by atoms with van der Waals surface area (Å²) < 4.78 is 38.5. The van der Waals surface area contributed by atoms with Crippen LogP contribution < -0.4 is 0 Å². The molecule has 0 unspecified atom stereocenters. The first-order valence-corrected chi connectivity index (χ1v) is 7.61. The van der Waals surface area contributed by atoms with E-state index in [0.717, 1.165) is 9.14 Å². The summed E-state index contributed by atoms with van der Waals surface area (Å²) in [6.45, 7) is 0.436. The molecule has 2 aliphatic rings. The maximum Gasteiger partial charge on any atom is 0.473 e. The van der Waals surface area contributed by atoms with Crippen molar-refractivity contribution in [2.24, 2.45) is 9.98 Å². The topological polar surface area (TPSA) is 45.0 Å². The van der Waals surface area contributed by atoms with Crippen LogP contribution >= 0.6 is 22.6 Å². The second kappa shape index (κ2) is 5.91. The predicted molar refractivity (Wildman–Crippen MR) is 88.3 cm³/mol. The molecule has 1 aromatic carbocycles. The first-order chi connectivity index (χ1) is 10.8. The van der Waals surface area contributed by atoms with Crippen LogP contribution in [-0.4, -0.2) is 28.7 Å². The highest BCUT2D eigenvalue weighted by atomic mass is 127. The molecule has 2 aliphatic heterocycles. The summed E-state index contributed by atoms with van der Waals surface area (Å²) >= 11 is 2.14. The molecule has 23 heavy (non-hydrogen) atoms. The number of halogens is 4. The van der Waals surface area contributed by atoms with E-state index in [2.05, 4.69) is 32.6 Å². The number of amidine groups is 2. The third kappa shape index (κ3) is 3.36. The molecular weight excluding hydrogens is 422 g/mol. The van der Waals surface area contributed by atoms with E-state index in [1.165, 1.54) is 0 Å². The molecule has 2 heterocycles. The smallest absolute Gasteiger partial charge is 0.327 e. The molecule has 0 bridgehead atoms. The molecule has 0 spiro atoms. The van der Waals surface area contributed by atoms with Crippen LogP contribution in [0.25, 0.3) is 0 Å². The van der Waals surface area contributed by atoms with Gasteiger partial charge in [0.1, 0.15) is 5.84 Å². The van der Waals surface area contributed by atoms with Crippen molar-refractivity contribution in [2.75, 3.05) is 0 Å². The summed E-state index contributed by atoms with van der Waals surface area (Å²) in [6, 6.07) is 6.84. The van der Waals surface area contributed by atoms with E-state index in [0.29, 0.717) is 17.9 Å². The van der Waals surface area contributed by atoms with Crippen molar-refractivity contribution in [3.63, 3.8) is 0 Å². The average molecular weight is 431 g/mol.